The molecule has 1 amide bonds. The third-order valence-electron chi connectivity index (χ3n) is 4.21. The maximum Gasteiger partial charge on any atom is 0.227 e. The third-order valence-corrected chi connectivity index (χ3v) is 4.21. The predicted octanol–water partition coefficient (Wildman–Crippen LogP) is 2.92. The number of morpholine rings is 1. The standard InChI is InChI=1S/C19H21NO3/c1-14-12-20(17(13-23-14)15-7-3-2-4-8-15)19(22)11-16-9-5-6-10-18(16)21/h2-10,14,17,21H,11-13H2,1H3. The molecule has 2 aromatic carbocycles. The second-order valence-electron chi connectivity index (χ2n) is 5.92. The van der Waals surface area contributed by atoms with Crippen molar-refractivity contribution in [1.82, 2.24) is 4.90 Å². The first kappa shape index (κ1) is 15.6. The van der Waals surface area contributed by atoms with Crippen molar-refractivity contribution in [3.63, 3.8) is 0 Å². The number of rotatable bonds is 3. The number of carbonyl (C=O) groups excluding carboxylic acids is 1. The zero-order valence-corrected chi connectivity index (χ0v) is 13.2. The van der Waals surface area contributed by atoms with Gasteiger partial charge in [0.05, 0.1) is 25.2 Å². The number of phenols is 1. The second-order valence-corrected chi connectivity index (χ2v) is 5.92. The molecule has 0 spiro atoms. The van der Waals surface area contributed by atoms with Crippen molar-refractivity contribution in [1.29, 1.82) is 0 Å². The van der Waals surface area contributed by atoms with Crippen molar-refractivity contribution < 1.29 is 14.6 Å². The highest BCUT2D eigenvalue weighted by atomic mass is 16.5. The molecule has 0 bridgehead atoms. The lowest BCUT2D eigenvalue weighted by Gasteiger charge is -2.39. The molecule has 2 atom stereocenters. The third kappa shape index (κ3) is 3.54. The Balaban J connectivity index is 1.82. The number of benzene rings is 2. The number of hydrogen-bond donors (Lipinski definition) is 1. The van der Waals surface area contributed by atoms with Gasteiger partial charge in [0.25, 0.3) is 0 Å². The van der Waals surface area contributed by atoms with E-state index in [2.05, 4.69) is 0 Å². The van der Waals surface area contributed by atoms with Crippen LogP contribution in [-0.4, -0.2) is 35.2 Å². The highest BCUT2D eigenvalue weighted by Gasteiger charge is 2.31. The van der Waals surface area contributed by atoms with Crippen LogP contribution in [0.4, 0.5) is 0 Å². The summed E-state index contributed by atoms with van der Waals surface area (Å²) in [6, 6.07) is 16.8. The molecule has 0 aliphatic carbocycles. The average molecular weight is 311 g/mol. The van der Waals surface area contributed by atoms with Gasteiger partial charge in [-0.25, -0.2) is 0 Å². The fraction of sp³-hybridized carbons (Fsp3) is 0.316. The van der Waals surface area contributed by atoms with Gasteiger partial charge in [0.1, 0.15) is 5.75 Å². The molecule has 1 fully saturated rings. The maximum absolute atomic E-state index is 12.8. The molecule has 2 unspecified atom stereocenters. The Morgan fingerprint density at radius 1 is 1.17 bits per heavy atom. The Bertz CT molecular complexity index is 671. The highest BCUT2D eigenvalue weighted by Crippen LogP contribution is 2.27. The van der Waals surface area contributed by atoms with Crippen molar-refractivity contribution in [3.05, 3.63) is 65.7 Å². The Morgan fingerprint density at radius 2 is 1.87 bits per heavy atom. The molecule has 2 aromatic rings. The van der Waals surface area contributed by atoms with E-state index in [1.165, 1.54) is 0 Å². The molecule has 23 heavy (non-hydrogen) atoms. The maximum atomic E-state index is 12.8. The van der Waals surface area contributed by atoms with Crippen LogP contribution in [0, 0.1) is 0 Å². The summed E-state index contributed by atoms with van der Waals surface area (Å²) >= 11 is 0. The van der Waals surface area contributed by atoms with E-state index in [1.807, 2.05) is 48.2 Å². The van der Waals surface area contributed by atoms with Crippen LogP contribution in [0.2, 0.25) is 0 Å². The van der Waals surface area contributed by atoms with Gasteiger partial charge < -0.3 is 14.7 Å². The van der Waals surface area contributed by atoms with Gasteiger partial charge in [-0.15, -0.1) is 0 Å². The zero-order valence-electron chi connectivity index (χ0n) is 13.2. The predicted molar refractivity (Wildman–Crippen MR) is 88.1 cm³/mol. The van der Waals surface area contributed by atoms with E-state index in [0.717, 1.165) is 5.56 Å². The van der Waals surface area contributed by atoms with Crippen LogP contribution in [0.5, 0.6) is 5.75 Å². The zero-order chi connectivity index (χ0) is 16.2. The Morgan fingerprint density at radius 3 is 2.61 bits per heavy atom. The number of nitrogens with zero attached hydrogens (tertiary/aromatic N) is 1. The Labute approximate surface area is 136 Å². The van der Waals surface area contributed by atoms with Crippen LogP contribution in [0.3, 0.4) is 0 Å². The summed E-state index contributed by atoms with van der Waals surface area (Å²) in [5, 5.41) is 9.90. The molecule has 1 aliphatic heterocycles. The number of aromatic hydroxyl groups is 1. The van der Waals surface area contributed by atoms with Gasteiger partial charge in [-0.1, -0.05) is 48.5 Å². The number of hydrogen-bond acceptors (Lipinski definition) is 3. The number of amides is 1. The molecule has 1 saturated heterocycles. The van der Waals surface area contributed by atoms with E-state index in [1.54, 1.807) is 18.2 Å². The Kier molecular flexibility index (Phi) is 4.63. The molecule has 0 radical (unpaired) electrons. The topological polar surface area (TPSA) is 49.8 Å². The molecule has 3 rings (SSSR count). The van der Waals surface area contributed by atoms with Gasteiger partial charge in [-0.05, 0) is 18.6 Å². The van der Waals surface area contributed by atoms with Gasteiger partial charge in [0.2, 0.25) is 5.91 Å². The fourth-order valence-electron chi connectivity index (χ4n) is 2.95. The minimum atomic E-state index is -0.0780. The Hall–Kier alpha value is -2.33. The van der Waals surface area contributed by atoms with E-state index in [0.29, 0.717) is 18.7 Å². The van der Waals surface area contributed by atoms with Crippen molar-refractivity contribution >= 4 is 5.91 Å². The van der Waals surface area contributed by atoms with Gasteiger partial charge >= 0.3 is 0 Å². The average Bonchev–Trinajstić information content (AvgIpc) is 2.57. The van der Waals surface area contributed by atoms with Crippen LogP contribution in [0.25, 0.3) is 0 Å². The molecule has 4 nitrogen and oxygen atoms in total. The summed E-state index contributed by atoms with van der Waals surface area (Å²) < 4.78 is 5.76. The fourth-order valence-corrected chi connectivity index (χ4v) is 2.95. The molecule has 1 N–H and O–H groups in total. The summed E-state index contributed by atoms with van der Waals surface area (Å²) in [5.41, 5.74) is 1.73. The first-order chi connectivity index (χ1) is 11.1. The first-order valence-electron chi connectivity index (χ1n) is 7.88. The summed E-state index contributed by atoms with van der Waals surface area (Å²) in [4.78, 5) is 14.7. The molecular weight excluding hydrogens is 290 g/mol. The summed E-state index contributed by atoms with van der Waals surface area (Å²) in [6.45, 7) is 3.03. The van der Waals surface area contributed by atoms with Gasteiger partial charge in [-0.3, -0.25) is 4.79 Å². The van der Waals surface area contributed by atoms with Gasteiger partial charge in [-0.2, -0.15) is 0 Å². The van der Waals surface area contributed by atoms with Crippen LogP contribution in [-0.2, 0) is 16.0 Å². The second kappa shape index (κ2) is 6.84. The van der Waals surface area contributed by atoms with E-state index in [9.17, 15) is 9.90 Å². The van der Waals surface area contributed by atoms with E-state index < -0.39 is 0 Å². The van der Waals surface area contributed by atoms with Crippen molar-refractivity contribution in [3.8, 4) is 5.75 Å². The lowest BCUT2D eigenvalue weighted by Crippen LogP contribution is -2.47. The molecule has 0 aromatic heterocycles. The van der Waals surface area contributed by atoms with Crippen LogP contribution >= 0.6 is 0 Å². The highest BCUT2D eigenvalue weighted by molar-refractivity contribution is 5.80. The molecule has 1 aliphatic rings. The van der Waals surface area contributed by atoms with Crippen molar-refractivity contribution in [2.45, 2.75) is 25.5 Å². The molecular formula is C19H21NO3. The van der Waals surface area contributed by atoms with Crippen LogP contribution < -0.4 is 0 Å². The normalized spacial score (nSPS) is 21.2. The number of phenolic OH excluding ortho intramolecular Hbond substituents is 1. The van der Waals surface area contributed by atoms with E-state index in [-0.39, 0.29) is 30.2 Å². The number of carbonyl (C=O) groups is 1. The minimum Gasteiger partial charge on any atom is -0.508 e. The lowest BCUT2D eigenvalue weighted by atomic mass is 10.0. The number of para-hydroxylation sites is 1. The molecule has 0 saturated carbocycles. The summed E-state index contributed by atoms with van der Waals surface area (Å²) in [7, 11) is 0. The minimum absolute atomic E-state index is 0.00973. The van der Waals surface area contributed by atoms with Crippen molar-refractivity contribution in [2.24, 2.45) is 0 Å². The van der Waals surface area contributed by atoms with Crippen LogP contribution in [0.15, 0.2) is 54.6 Å². The number of ether oxygens (including phenoxy) is 1. The van der Waals surface area contributed by atoms with Crippen molar-refractivity contribution in [2.75, 3.05) is 13.2 Å². The molecule has 1 heterocycles. The van der Waals surface area contributed by atoms with E-state index in [4.69, 9.17) is 4.74 Å². The smallest absolute Gasteiger partial charge is 0.227 e. The van der Waals surface area contributed by atoms with E-state index >= 15 is 0 Å². The van der Waals surface area contributed by atoms with Gasteiger partial charge in [0, 0.05) is 12.1 Å². The monoisotopic (exact) mass is 311 g/mol. The largest absolute Gasteiger partial charge is 0.508 e. The summed E-state index contributed by atoms with van der Waals surface area (Å²) in [6.07, 6.45) is 0.214. The van der Waals surface area contributed by atoms with Crippen LogP contribution in [0.1, 0.15) is 24.1 Å². The SMILES string of the molecule is CC1CN(C(=O)Cc2ccccc2O)C(c2ccccc2)CO1. The summed E-state index contributed by atoms with van der Waals surface area (Å²) in [5.74, 6) is 0.175. The van der Waals surface area contributed by atoms with Gasteiger partial charge in [0.15, 0.2) is 0 Å². The lowest BCUT2D eigenvalue weighted by molar-refractivity contribution is -0.144. The quantitative estimate of drug-likeness (QED) is 0.948. The molecule has 120 valence electrons. The molecule has 4 heteroatoms. The first-order valence-corrected chi connectivity index (χ1v) is 7.88.